The van der Waals surface area contributed by atoms with Crippen LogP contribution in [-0.2, 0) is 27.2 Å². The van der Waals surface area contributed by atoms with Crippen molar-refractivity contribution in [2.24, 2.45) is 0 Å². The summed E-state index contributed by atoms with van der Waals surface area (Å²) in [6.07, 6.45) is 6.88. The van der Waals surface area contributed by atoms with E-state index in [1.54, 1.807) is 17.0 Å². The predicted molar refractivity (Wildman–Crippen MR) is 113 cm³/mol. The Labute approximate surface area is 173 Å². The molecule has 1 fully saturated rings. The van der Waals surface area contributed by atoms with Crippen molar-refractivity contribution < 1.29 is 19.1 Å². The number of carbonyl (C=O) groups excluding carboxylic acids is 3. The molecule has 1 aliphatic heterocycles. The first-order valence-electron chi connectivity index (χ1n) is 10.1. The number of ether oxygens (including phenoxy) is 1. The number of benzene rings is 1. The Morgan fingerprint density at radius 2 is 1.90 bits per heavy atom. The highest BCUT2D eigenvalue weighted by molar-refractivity contribution is 7.14. The van der Waals surface area contributed by atoms with Gasteiger partial charge in [-0.3, -0.25) is 9.59 Å². The van der Waals surface area contributed by atoms with E-state index in [4.69, 9.17) is 4.74 Å². The summed E-state index contributed by atoms with van der Waals surface area (Å²) in [7, 11) is 0. The number of para-hydroxylation sites is 2. The average Bonchev–Trinajstić information content (AvgIpc) is 3.26. The highest BCUT2D eigenvalue weighted by Crippen LogP contribution is 2.30. The Morgan fingerprint density at radius 3 is 2.72 bits per heavy atom. The van der Waals surface area contributed by atoms with Crippen LogP contribution < -0.4 is 10.2 Å². The van der Waals surface area contributed by atoms with Gasteiger partial charge in [0.25, 0.3) is 5.91 Å². The lowest BCUT2D eigenvalue weighted by molar-refractivity contribution is -0.119. The van der Waals surface area contributed by atoms with E-state index in [2.05, 4.69) is 5.32 Å². The van der Waals surface area contributed by atoms with Crippen LogP contribution in [0.15, 0.2) is 30.3 Å². The lowest BCUT2D eigenvalue weighted by Gasteiger charge is -2.19. The van der Waals surface area contributed by atoms with Crippen LogP contribution in [0.1, 0.15) is 52.2 Å². The minimum Gasteiger partial charge on any atom is -0.451 e. The molecule has 29 heavy (non-hydrogen) atoms. The number of anilines is 2. The molecular weight excluding hydrogens is 388 g/mol. The summed E-state index contributed by atoms with van der Waals surface area (Å²) in [5.74, 6) is -0.826. The first-order chi connectivity index (χ1) is 14.1. The number of aryl methyl sites for hydroxylation is 2. The standard InChI is InChI=1S/C22H24N2O4S/c25-20(23-16-8-4-5-9-17(16)24-12-6-11-21(24)26)14-28-22(27)19-13-15-7-2-1-3-10-18(15)29-19/h4-5,8-9,13H,1-3,6-7,10-12,14H2,(H,23,25). The van der Waals surface area contributed by atoms with Gasteiger partial charge >= 0.3 is 5.97 Å². The second-order valence-corrected chi connectivity index (χ2v) is 8.55. The van der Waals surface area contributed by atoms with Crippen LogP contribution >= 0.6 is 11.3 Å². The Balaban J connectivity index is 1.36. The van der Waals surface area contributed by atoms with Crippen LogP contribution in [0, 0.1) is 0 Å². The van der Waals surface area contributed by atoms with Gasteiger partial charge in [-0.25, -0.2) is 4.79 Å². The first kappa shape index (κ1) is 19.6. The Bertz CT molecular complexity index is 913. The molecular formula is C22H24N2O4S. The fraction of sp³-hybridized carbons (Fsp3) is 0.409. The van der Waals surface area contributed by atoms with Crippen LogP contribution in [-0.4, -0.2) is 30.9 Å². The zero-order chi connectivity index (χ0) is 20.2. The topological polar surface area (TPSA) is 75.7 Å². The number of esters is 1. The van der Waals surface area contributed by atoms with Gasteiger partial charge in [-0.15, -0.1) is 11.3 Å². The molecule has 0 spiro atoms. The molecule has 0 atom stereocenters. The van der Waals surface area contributed by atoms with Gasteiger partial charge in [0.15, 0.2) is 6.61 Å². The zero-order valence-corrected chi connectivity index (χ0v) is 17.1. The number of thiophene rings is 1. The molecule has 0 radical (unpaired) electrons. The monoisotopic (exact) mass is 412 g/mol. The fourth-order valence-corrected chi connectivity index (χ4v) is 5.02. The molecule has 2 aliphatic rings. The number of nitrogens with zero attached hydrogens (tertiary/aromatic N) is 1. The molecule has 2 aromatic rings. The second-order valence-electron chi connectivity index (χ2n) is 7.41. The SMILES string of the molecule is O=C(COC(=O)c1cc2c(s1)CCCCC2)Nc1ccccc1N1CCCC1=O. The van der Waals surface area contributed by atoms with Crippen LogP contribution in [0.25, 0.3) is 0 Å². The molecule has 7 heteroatoms. The molecule has 2 amide bonds. The summed E-state index contributed by atoms with van der Waals surface area (Å²) in [6.45, 7) is 0.285. The molecule has 1 N–H and O–H groups in total. The summed E-state index contributed by atoms with van der Waals surface area (Å²) in [6, 6.07) is 9.10. The van der Waals surface area contributed by atoms with E-state index in [1.165, 1.54) is 28.2 Å². The van der Waals surface area contributed by atoms with Gasteiger partial charge in [0.05, 0.1) is 11.4 Å². The van der Waals surface area contributed by atoms with Crippen molar-refractivity contribution in [1.29, 1.82) is 0 Å². The lowest BCUT2D eigenvalue weighted by atomic mass is 10.1. The fourth-order valence-electron chi connectivity index (χ4n) is 3.87. The first-order valence-corrected chi connectivity index (χ1v) is 10.9. The van der Waals surface area contributed by atoms with Crippen molar-refractivity contribution in [1.82, 2.24) is 0 Å². The Morgan fingerprint density at radius 1 is 1.07 bits per heavy atom. The van der Waals surface area contributed by atoms with Crippen LogP contribution in [0.5, 0.6) is 0 Å². The molecule has 1 aromatic heterocycles. The maximum Gasteiger partial charge on any atom is 0.348 e. The summed E-state index contributed by atoms with van der Waals surface area (Å²) in [5, 5.41) is 2.77. The van der Waals surface area contributed by atoms with Crippen molar-refractivity contribution in [3.05, 3.63) is 45.6 Å². The van der Waals surface area contributed by atoms with Gasteiger partial charge in [-0.2, -0.15) is 0 Å². The number of fused-ring (bicyclic) bond motifs is 1. The molecule has 0 unspecified atom stereocenters. The lowest BCUT2D eigenvalue weighted by Crippen LogP contribution is -2.26. The summed E-state index contributed by atoms with van der Waals surface area (Å²) in [4.78, 5) is 40.3. The number of rotatable bonds is 5. The van der Waals surface area contributed by atoms with Crippen molar-refractivity contribution in [3.8, 4) is 0 Å². The largest absolute Gasteiger partial charge is 0.451 e. The van der Waals surface area contributed by atoms with Crippen molar-refractivity contribution in [2.45, 2.75) is 44.9 Å². The third-order valence-corrected chi connectivity index (χ3v) is 6.54. The van der Waals surface area contributed by atoms with Crippen molar-refractivity contribution >= 4 is 40.5 Å². The quantitative estimate of drug-likeness (QED) is 0.596. The van der Waals surface area contributed by atoms with Crippen LogP contribution in [0.4, 0.5) is 11.4 Å². The third kappa shape index (κ3) is 4.50. The van der Waals surface area contributed by atoms with E-state index >= 15 is 0 Å². The highest BCUT2D eigenvalue weighted by atomic mass is 32.1. The number of amides is 2. The van der Waals surface area contributed by atoms with Gasteiger partial charge in [0, 0.05) is 17.8 Å². The molecule has 0 saturated carbocycles. The molecule has 1 saturated heterocycles. The van der Waals surface area contributed by atoms with E-state index in [0.29, 0.717) is 29.2 Å². The van der Waals surface area contributed by atoms with Gasteiger partial charge in [0.1, 0.15) is 4.88 Å². The maximum absolute atomic E-state index is 12.4. The van der Waals surface area contributed by atoms with Crippen LogP contribution in [0.3, 0.4) is 0 Å². The summed E-state index contributed by atoms with van der Waals surface area (Å²) >= 11 is 1.48. The maximum atomic E-state index is 12.4. The minimum absolute atomic E-state index is 0.0515. The second kappa shape index (κ2) is 8.78. The number of carbonyl (C=O) groups is 3. The molecule has 0 bridgehead atoms. The van der Waals surface area contributed by atoms with E-state index in [0.717, 1.165) is 32.1 Å². The average molecular weight is 413 g/mol. The summed E-state index contributed by atoms with van der Waals surface area (Å²) in [5.41, 5.74) is 2.47. The smallest absolute Gasteiger partial charge is 0.348 e. The predicted octanol–water partition coefficient (Wildman–Crippen LogP) is 3.94. The van der Waals surface area contributed by atoms with Gasteiger partial charge < -0.3 is 15.0 Å². The number of nitrogens with one attached hydrogen (secondary N) is 1. The van der Waals surface area contributed by atoms with E-state index in [-0.39, 0.29) is 12.5 Å². The van der Waals surface area contributed by atoms with Crippen molar-refractivity contribution in [3.63, 3.8) is 0 Å². The number of hydrogen-bond acceptors (Lipinski definition) is 5. The minimum atomic E-state index is -0.457. The van der Waals surface area contributed by atoms with Gasteiger partial charge in [0.2, 0.25) is 5.91 Å². The van der Waals surface area contributed by atoms with E-state index in [1.807, 2.05) is 18.2 Å². The third-order valence-electron chi connectivity index (χ3n) is 5.32. The normalized spacial score (nSPS) is 16.3. The highest BCUT2D eigenvalue weighted by Gasteiger charge is 2.24. The van der Waals surface area contributed by atoms with E-state index in [9.17, 15) is 14.4 Å². The molecule has 6 nitrogen and oxygen atoms in total. The molecule has 2 heterocycles. The molecule has 1 aromatic carbocycles. The van der Waals surface area contributed by atoms with Gasteiger partial charge in [-0.05, 0) is 55.9 Å². The molecule has 1 aliphatic carbocycles. The Hall–Kier alpha value is -2.67. The zero-order valence-electron chi connectivity index (χ0n) is 16.2. The Kier molecular flexibility index (Phi) is 5.94. The van der Waals surface area contributed by atoms with Crippen molar-refractivity contribution in [2.75, 3.05) is 23.4 Å². The number of hydrogen-bond donors (Lipinski definition) is 1. The molecule has 152 valence electrons. The molecule has 4 rings (SSSR count). The summed E-state index contributed by atoms with van der Waals surface area (Å²) < 4.78 is 5.24. The van der Waals surface area contributed by atoms with Gasteiger partial charge in [-0.1, -0.05) is 18.6 Å². The van der Waals surface area contributed by atoms with E-state index < -0.39 is 11.9 Å². The van der Waals surface area contributed by atoms with Crippen LogP contribution in [0.2, 0.25) is 0 Å².